The van der Waals surface area contributed by atoms with Crippen LogP contribution in [0.25, 0.3) is 16.2 Å². The summed E-state index contributed by atoms with van der Waals surface area (Å²) in [5, 5.41) is 16.0. The van der Waals surface area contributed by atoms with Crippen molar-refractivity contribution in [1.29, 1.82) is 0 Å². The molecular formula is C18H21N5O3S. The summed E-state index contributed by atoms with van der Waals surface area (Å²) in [6, 6.07) is 5.86. The van der Waals surface area contributed by atoms with Crippen molar-refractivity contribution in [2.75, 3.05) is 37.7 Å². The molecule has 0 spiro atoms. The minimum atomic E-state index is -0.750. The molecule has 0 amide bonds. The summed E-state index contributed by atoms with van der Waals surface area (Å²) in [5.41, 5.74) is 6.74. The molecule has 0 bridgehead atoms. The normalized spacial score (nSPS) is 18.8. The maximum absolute atomic E-state index is 10.3. The van der Waals surface area contributed by atoms with Crippen LogP contribution in [0.1, 0.15) is 12.8 Å². The van der Waals surface area contributed by atoms with Gasteiger partial charge in [0.2, 0.25) is 10.1 Å². The topological polar surface area (TPSA) is 98.1 Å². The molecule has 9 heteroatoms. The highest BCUT2D eigenvalue weighted by atomic mass is 32.1. The molecule has 2 aromatic heterocycles. The zero-order valence-corrected chi connectivity index (χ0v) is 15.6. The highest BCUT2D eigenvalue weighted by molar-refractivity contribution is 7.20. The van der Waals surface area contributed by atoms with Crippen molar-refractivity contribution in [3.63, 3.8) is 0 Å². The zero-order valence-electron chi connectivity index (χ0n) is 14.8. The van der Waals surface area contributed by atoms with Gasteiger partial charge in [-0.15, -0.1) is 5.10 Å². The van der Waals surface area contributed by atoms with E-state index in [1.165, 1.54) is 0 Å². The summed E-state index contributed by atoms with van der Waals surface area (Å²) in [7, 11) is 0. The molecule has 142 valence electrons. The predicted molar refractivity (Wildman–Crippen MR) is 103 cm³/mol. The lowest BCUT2D eigenvalue weighted by Crippen LogP contribution is -2.48. The fourth-order valence-electron chi connectivity index (χ4n) is 3.59. The minimum absolute atomic E-state index is 0.299. The minimum Gasteiger partial charge on any atom is -0.486 e. The molecule has 2 aliphatic heterocycles. The number of hydrogen-bond donors (Lipinski definition) is 2. The molecule has 0 aliphatic carbocycles. The maximum Gasteiger partial charge on any atom is 0.214 e. The number of piperidine rings is 1. The zero-order chi connectivity index (χ0) is 18.4. The molecule has 27 heavy (non-hydrogen) atoms. The molecule has 0 saturated carbocycles. The molecule has 3 N–H and O–H groups in total. The first-order valence-corrected chi connectivity index (χ1v) is 9.89. The van der Waals surface area contributed by atoms with E-state index in [9.17, 15) is 5.11 Å². The number of aromatic nitrogens is 3. The Kier molecular flexibility index (Phi) is 3.96. The Morgan fingerprint density at radius 1 is 1.22 bits per heavy atom. The van der Waals surface area contributed by atoms with Crippen LogP contribution in [0, 0.1) is 0 Å². The molecule has 3 aromatic rings. The summed E-state index contributed by atoms with van der Waals surface area (Å²) in [5.74, 6) is 1.49. The van der Waals surface area contributed by atoms with Gasteiger partial charge in [0.15, 0.2) is 11.5 Å². The van der Waals surface area contributed by atoms with Gasteiger partial charge in [-0.3, -0.25) is 0 Å². The Morgan fingerprint density at radius 2 is 2.04 bits per heavy atom. The van der Waals surface area contributed by atoms with E-state index in [0.717, 1.165) is 45.9 Å². The lowest BCUT2D eigenvalue weighted by atomic mass is 9.92. The van der Waals surface area contributed by atoms with Gasteiger partial charge in [-0.1, -0.05) is 17.4 Å². The number of hydrogen-bond acceptors (Lipinski definition) is 8. The summed E-state index contributed by atoms with van der Waals surface area (Å²) in [6.45, 7) is 2.86. The molecule has 1 aromatic carbocycles. The van der Waals surface area contributed by atoms with E-state index < -0.39 is 5.60 Å². The second-order valence-corrected chi connectivity index (χ2v) is 7.90. The van der Waals surface area contributed by atoms with E-state index in [1.807, 2.05) is 28.9 Å². The third-order valence-corrected chi connectivity index (χ3v) is 6.24. The average Bonchev–Trinajstić information content (AvgIpc) is 3.29. The first-order chi connectivity index (χ1) is 13.2. The van der Waals surface area contributed by atoms with Crippen molar-refractivity contribution >= 4 is 21.4 Å². The Hall–Kier alpha value is -2.36. The van der Waals surface area contributed by atoms with Crippen molar-refractivity contribution in [1.82, 2.24) is 14.6 Å². The number of benzene rings is 1. The standard InChI is InChI=1S/C18H21N5O3S/c19-11-18(24)4-6-22(7-5-18)17-21-23-13(10-20-16(23)27-17)12-2-1-3-14-15(12)26-9-8-25-14/h1-3,10,24H,4-9,11,19H2. The molecule has 1 fully saturated rings. The van der Waals surface area contributed by atoms with E-state index in [1.54, 1.807) is 11.3 Å². The van der Waals surface area contributed by atoms with Crippen LogP contribution in [0.4, 0.5) is 5.13 Å². The summed E-state index contributed by atoms with van der Waals surface area (Å²) in [4.78, 5) is 7.55. The monoisotopic (exact) mass is 387 g/mol. The van der Waals surface area contributed by atoms with Gasteiger partial charge in [0.1, 0.15) is 13.2 Å². The average molecular weight is 387 g/mol. The predicted octanol–water partition coefficient (Wildman–Crippen LogP) is 1.52. The SMILES string of the molecule is NCC1(O)CCN(c2nn3c(-c4cccc5c4OCCO5)cnc3s2)CC1. The Balaban J connectivity index is 1.49. The number of anilines is 1. The largest absolute Gasteiger partial charge is 0.486 e. The number of nitrogens with zero attached hydrogens (tertiary/aromatic N) is 4. The van der Waals surface area contributed by atoms with Gasteiger partial charge in [-0.2, -0.15) is 0 Å². The van der Waals surface area contributed by atoms with Crippen molar-refractivity contribution in [3.8, 4) is 22.8 Å². The molecule has 1 saturated heterocycles. The van der Waals surface area contributed by atoms with E-state index in [4.69, 9.17) is 20.3 Å². The fraction of sp³-hybridized carbons (Fsp3) is 0.444. The van der Waals surface area contributed by atoms with Crippen LogP contribution in [0.2, 0.25) is 0 Å². The molecule has 0 atom stereocenters. The summed E-state index contributed by atoms with van der Waals surface area (Å²) < 4.78 is 13.4. The van der Waals surface area contributed by atoms with Crippen molar-refractivity contribution < 1.29 is 14.6 Å². The van der Waals surface area contributed by atoms with E-state index >= 15 is 0 Å². The quantitative estimate of drug-likeness (QED) is 0.703. The smallest absolute Gasteiger partial charge is 0.214 e. The van der Waals surface area contributed by atoms with E-state index in [2.05, 4.69) is 9.88 Å². The highest BCUT2D eigenvalue weighted by Crippen LogP contribution is 2.40. The third kappa shape index (κ3) is 2.82. The molecule has 4 heterocycles. The maximum atomic E-state index is 10.3. The third-order valence-electron chi connectivity index (χ3n) is 5.26. The van der Waals surface area contributed by atoms with Gasteiger partial charge in [0, 0.05) is 25.2 Å². The molecule has 0 radical (unpaired) electrons. The van der Waals surface area contributed by atoms with Gasteiger partial charge in [-0.05, 0) is 25.0 Å². The number of rotatable bonds is 3. The van der Waals surface area contributed by atoms with Crippen LogP contribution in [0.15, 0.2) is 24.4 Å². The fourth-order valence-corrected chi connectivity index (χ4v) is 4.52. The van der Waals surface area contributed by atoms with Gasteiger partial charge in [0.25, 0.3) is 0 Å². The number of aliphatic hydroxyl groups is 1. The van der Waals surface area contributed by atoms with Crippen LogP contribution in [-0.4, -0.2) is 58.2 Å². The van der Waals surface area contributed by atoms with Gasteiger partial charge < -0.3 is 25.2 Å². The van der Waals surface area contributed by atoms with Crippen LogP contribution in [0.3, 0.4) is 0 Å². The summed E-state index contributed by atoms with van der Waals surface area (Å²) >= 11 is 1.55. The molecular weight excluding hydrogens is 366 g/mol. The van der Waals surface area contributed by atoms with Crippen LogP contribution >= 0.6 is 11.3 Å². The Morgan fingerprint density at radius 3 is 2.85 bits per heavy atom. The number of imidazole rings is 1. The van der Waals surface area contributed by atoms with Gasteiger partial charge in [0.05, 0.1) is 17.5 Å². The lowest BCUT2D eigenvalue weighted by molar-refractivity contribution is 0.0249. The number of nitrogens with two attached hydrogens (primary N) is 1. The molecule has 0 unspecified atom stereocenters. The van der Waals surface area contributed by atoms with E-state index in [0.29, 0.717) is 32.6 Å². The summed E-state index contributed by atoms with van der Waals surface area (Å²) in [6.07, 6.45) is 3.12. The Bertz CT molecular complexity index is 977. The van der Waals surface area contributed by atoms with Crippen molar-refractivity contribution in [2.24, 2.45) is 5.73 Å². The first-order valence-electron chi connectivity index (χ1n) is 9.08. The molecule has 8 nitrogen and oxygen atoms in total. The number of ether oxygens (including phenoxy) is 2. The van der Waals surface area contributed by atoms with Crippen molar-refractivity contribution in [3.05, 3.63) is 24.4 Å². The van der Waals surface area contributed by atoms with E-state index in [-0.39, 0.29) is 0 Å². The second kappa shape index (κ2) is 6.36. The van der Waals surface area contributed by atoms with Crippen LogP contribution < -0.4 is 20.1 Å². The van der Waals surface area contributed by atoms with Crippen molar-refractivity contribution in [2.45, 2.75) is 18.4 Å². The van der Waals surface area contributed by atoms with Gasteiger partial charge >= 0.3 is 0 Å². The Labute approximate surface area is 160 Å². The van der Waals surface area contributed by atoms with Gasteiger partial charge in [-0.25, -0.2) is 9.50 Å². The lowest BCUT2D eigenvalue weighted by Gasteiger charge is -2.37. The number of fused-ring (bicyclic) bond motifs is 2. The molecule has 5 rings (SSSR count). The van der Waals surface area contributed by atoms with Crippen LogP contribution in [0.5, 0.6) is 11.5 Å². The van der Waals surface area contributed by atoms with Crippen LogP contribution in [-0.2, 0) is 0 Å². The second-order valence-electron chi connectivity index (χ2n) is 6.97. The molecule has 2 aliphatic rings. The first kappa shape index (κ1) is 16.8. The highest BCUT2D eigenvalue weighted by Gasteiger charge is 2.32. The number of para-hydroxylation sites is 1.